The van der Waals surface area contributed by atoms with Crippen molar-refractivity contribution >= 4 is 54.4 Å². The molecule has 0 aliphatic carbocycles. The third kappa shape index (κ3) is 10.4. The first-order valence-electron chi connectivity index (χ1n) is 10.5. The van der Waals surface area contributed by atoms with E-state index in [9.17, 15) is 41.7 Å². The molecule has 0 fully saturated rings. The van der Waals surface area contributed by atoms with Crippen molar-refractivity contribution < 1.29 is 100 Å². The van der Waals surface area contributed by atoms with Gasteiger partial charge in [0.15, 0.2) is 0 Å². The predicted molar refractivity (Wildman–Crippen MR) is 133 cm³/mol. The summed E-state index contributed by atoms with van der Waals surface area (Å²) in [5.41, 5.74) is -1.31. The first-order chi connectivity index (χ1) is 18.2. The summed E-state index contributed by atoms with van der Waals surface area (Å²) in [4.78, 5) is 10.5. The van der Waals surface area contributed by atoms with E-state index in [0.29, 0.717) is 17.4 Å². The molecule has 0 heterocycles. The average Bonchev–Trinajstić information content (AvgIpc) is 2.86. The fraction of sp³-hybridized carbons (Fsp3) is 0.143. The monoisotopic (exact) mass is 624 g/mol. The van der Waals surface area contributed by atoms with Crippen molar-refractivity contribution in [3.05, 3.63) is 64.7 Å². The van der Waals surface area contributed by atoms with Gasteiger partial charge in [0.25, 0.3) is 15.8 Å². The third-order valence-electron chi connectivity index (χ3n) is 5.02. The van der Waals surface area contributed by atoms with Crippen molar-refractivity contribution in [2.24, 2.45) is 20.5 Å². The van der Waals surface area contributed by atoms with E-state index in [1.807, 2.05) is 0 Å². The van der Waals surface area contributed by atoms with Crippen LogP contribution in [-0.4, -0.2) is 55.3 Å². The van der Waals surface area contributed by atoms with Crippen molar-refractivity contribution in [1.82, 2.24) is 0 Å². The number of phenols is 1. The van der Waals surface area contributed by atoms with Crippen LogP contribution in [0.4, 0.5) is 34.1 Å². The second-order valence-corrected chi connectivity index (χ2v) is 10.7. The smallest absolute Gasteiger partial charge is 0.869 e. The number of nitro groups is 1. The van der Waals surface area contributed by atoms with Crippen molar-refractivity contribution in [2.45, 2.75) is 4.90 Å². The molecule has 0 atom stereocenters. The van der Waals surface area contributed by atoms with Crippen LogP contribution < -0.4 is 69.1 Å². The standard InChI is InChI=1S/C21H20N6O10S2.2Na/c1-26(10-11-38(32,33)34)14-4-2-13(3-5-14)22-24-17-8-9-18(28)20(21(17)29)25-23-16-7-6-15(27(30)31)12-19(16)39(35,36)37;;/h2-9,12,28-29H,10-11H2,1H3,(H,32,33,34)(H,35,36,37);;/q;2*+1/p-2. The van der Waals surface area contributed by atoms with Gasteiger partial charge >= 0.3 is 59.1 Å². The van der Waals surface area contributed by atoms with E-state index in [1.165, 1.54) is 12.1 Å². The molecule has 0 amide bonds. The molecule has 206 valence electrons. The second-order valence-electron chi connectivity index (χ2n) is 7.77. The van der Waals surface area contributed by atoms with Crippen LogP contribution in [0.3, 0.4) is 0 Å². The normalized spacial score (nSPS) is 11.7. The molecule has 0 aromatic heterocycles. The van der Waals surface area contributed by atoms with E-state index >= 15 is 0 Å². The van der Waals surface area contributed by atoms with Gasteiger partial charge in [-0.3, -0.25) is 14.7 Å². The zero-order valence-corrected chi connectivity index (χ0v) is 27.4. The molecule has 3 aromatic carbocycles. The molecular formula is C21H18N6Na2O10S2. The summed E-state index contributed by atoms with van der Waals surface area (Å²) in [7, 11) is -7.71. The van der Waals surface area contributed by atoms with Gasteiger partial charge in [-0.1, -0.05) is 0 Å². The Labute approximate surface area is 278 Å². The van der Waals surface area contributed by atoms with Gasteiger partial charge in [-0.15, -0.1) is 10.2 Å². The molecule has 0 saturated heterocycles. The number of rotatable bonds is 10. The predicted octanol–water partition coefficient (Wildman–Crippen LogP) is -2.56. The van der Waals surface area contributed by atoms with Crippen LogP contribution >= 0.6 is 0 Å². The van der Waals surface area contributed by atoms with Crippen LogP contribution in [0.15, 0.2) is 79.9 Å². The quantitative estimate of drug-likeness (QED) is 0.0780. The summed E-state index contributed by atoms with van der Waals surface area (Å²) < 4.78 is 65.2. The van der Waals surface area contributed by atoms with Gasteiger partial charge in [0.2, 0.25) is 0 Å². The first kappa shape index (κ1) is 36.5. The van der Waals surface area contributed by atoms with Crippen LogP contribution in [-0.2, 0) is 20.2 Å². The van der Waals surface area contributed by atoms with E-state index in [0.717, 1.165) is 24.3 Å². The molecule has 3 rings (SSSR count). The van der Waals surface area contributed by atoms with Crippen LogP contribution in [0.2, 0.25) is 0 Å². The SMILES string of the molecule is CN(CCS(=O)(=O)O)c1ccc(N=Nc2ccc(O)c(N=Nc3ccc([N+](=O)[O-])cc3S(=O)(=O)[O-])c2[O-])cc1.[Na+].[Na+]. The van der Waals surface area contributed by atoms with Crippen LogP contribution in [0.1, 0.15) is 0 Å². The molecule has 0 aliphatic rings. The van der Waals surface area contributed by atoms with E-state index in [2.05, 4.69) is 20.5 Å². The third-order valence-corrected chi connectivity index (χ3v) is 6.58. The molecule has 16 nitrogen and oxygen atoms in total. The molecule has 0 saturated carbocycles. The average molecular weight is 625 g/mol. The summed E-state index contributed by atoms with van der Waals surface area (Å²) in [6.07, 6.45) is 0. The number of azo groups is 2. The van der Waals surface area contributed by atoms with Gasteiger partial charge in [-0.05, 0) is 48.2 Å². The fourth-order valence-corrected chi connectivity index (χ4v) is 4.13. The summed E-state index contributed by atoms with van der Waals surface area (Å²) in [6.45, 7) is 0.0339. The van der Waals surface area contributed by atoms with Crippen molar-refractivity contribution in [3.63, 3.8) is 0 Å². The number of hydrogen-bond donors (Lipinski definition) is 2. The summed E-state index contributed by atoms with van der Waals surface area (Å²) >= 11 is 0. The summed E-state index contributed by atoms with van der Waals surface area (Å²) in [5, 5.41) is 48.5. The van der Waals surface area contributed by atoms with Gasteiger partial charge in [-0.25, -0.2) is 8.42 Å². The maximum absolute atomic E-state index is 12.7. The number of nitro benzene ring substituents is 1. The number of benzene rings is 3. The van der Waals surface area contributed by atoms with E-state index in [1.54, 1.807) is 24.1 Å². The topological polar surface area (TPSA) is 251 Å². The minimum absolute atomic E-state index is 0. The molecule has 20 heteroatoms. The number of phenolic OH excluding ortho intramolecular Hbond substituents is 1. The van der Waals surface area contributed by atoms with E-state index in [4.69, 9.17) is 4.55 Å². The van der Waals surface area contributed by atoms with Gasteiger partial charge < -0.3 is 19.7 Å². The minimum atomic E-state index is -5.20. The number of non-ortho nitro benzene ring substituents is 1. The number of aromatic hydroxyl groups is 1. The molecule has 41 heavy (non-hydrogen) atoms. The number of anilines is 1. The van der Waals surface area contributed by atoms with Gasteiger partial charge in [0, 0.05) is 31.4 Å². The van der Waals surface area contributed by atoms with Crippen molar-refractivity contribution in [2.75, 3.05) is 24.2 Å². The Bertz CT molecular complexity index is 1690. The maximum atomic E-state index is 12.7. The molecule has 3 aromatic rings. The van der Waals surface area contributed by atoms with Gasteiger partial charge in [0.1, 0.15) is 27.2 Å². The Morgan fingerprint density at radius 2 is 1.49 bits per heavy atom. The summed E-state index contributed by atoms with van der Waals surface area (Å²) in [5.74, 6) is -2.05. The Hall–Kier alpha value is -2.52. The molecule has 2 N–H and O–H groups in total. The zero-order chi connectivity index (χ0) is 29.0. The maximum Gasteiger partial charge on any atom is 1.00 e. The van der Waals surface area contributed by atoms with Crippen LogP contribution in [0.5, 0.6) is 11.5 Å². The van der Waals surface area contributed by atoms with Crippen molar-refractivity contribution in [3.8, 4) is 11.5 Å². The number of hydrogen-bond acceptors (Lipinski definition) is 14. The Kier molecular flexibility index (Phi) is 13.4. The minimum Gasteiger partial charge on any atom is -0.869 e. The van der Waals surface area contributed by atoms with Crippen LogP contribution in [0, 0.1) is 10.1 Å². The number of nitrogens with zero attached hydrogens (tertiary/aromatic N) is 6. The zero-order valence-electron chi connectivity index (χ0n) is 21.8. The first-order valence-corrected chi connectivity index (χ1v) is 13.5. The molecule has 0 bridgehead atoms. The molecule has 0 radical (unpaired) electrons. The Balaban J connectivity index is 0.00000420. The summed E-state index contributed by atoms with van der Waals surface area (Å²) in [6, 6.07) is 10.6. The second kappa shape index (κ2) is 15.1. The van der Waals surface area contributed by atoms with Gasteiger partial charge in [0.05, 0.1) is 26.9 Å². The molecule has 0 spiro atoms. The van der Waals surface area contributed by atoms with E-state index in [-0.39, 0.29) is 71.3 Å². The molecular weight excluding hydrogens is 606 g/mol. The van der Waals surface area contributed by atoms with Gasteiger partial charge in [-0.2, -0.15) is 18.6 Å². The molecule has 0 aliphatic heterocycles. The fourth-order valence-electron chi connectivity index (χ4n) is 3.00. The largest absolute Gasteiger partial charge is 1.00 e. The van der Waals surface area contributed by atoms with E-state index < -0.39 is 64.4 Å². The van der Waals surface area contributed by atoms with Crippen molar-refractivity contribution in [1.29, 1.82) is 0 Å². The molecule has 0 unspecified atom stereocenters. The Morgan fingerprint density at radius 1 is 0.902 bits per heavy atom. The van der Waals surface area contributed by atoms with Crippen LogP contribution in [0.25, 0.3) is 0 Å². The Morgan fingerprint density at radius 3 is 2.05 bits per heavy atom.